The Morgan fingerprint density at radius 3 is 2.69 bits per heavy atom. The lowest BCUT2D eigenvalue weighted by atomic mass is 10.3. The Balaban J connectivity index is 1.78. The van der Waals surface area contributed by atoms with Gasteiger partial charge >= 0.3 is 0 Å². The van der Waals surface area contributed by atoms with Crippen LogP contribution >= 0.6 is 11.3 Å². The summed E-state index contributed by atoms with van der Waals surface area (Å²) in [5, 5.41) is 9.28. The van der Waals surface area contributed by atoms with Crippen molar-refractivity contribution in [3.8, 4) is 28.1 Å². The number of hydrogen-bond donors (Lipinski definition) is 1. The average molecular weight is 374 g/mol. The van der Waals surface area contributed by atoms with E-state index in [1.54, 1.807) is 40.7 Å². The van der Waals surface area contributed by atoms with Gasteiger partial charge in [0.15, 0.2) is 6.61 Å². The summed E-state index contributed by atoms with van der Waals surface area (Å²) in [7, 11) is 3.09. The zero-order chi connectivity index (χ0) is 18.3. The summed E-state index contributed by atoms with van der Waals surface area (Å²) in [4.78, 5) is 16.2. The number of pyridine rings is 1. The third-order valence-corrected chi connectivity index (χ3v) is 4.46. The number of ether oxygens (including phenoxy) is 3. The van der Waals surface area contributed by atoms with E-state index in [1.165, 1.54) is 18.4 Å². The Labute approximate surface area is 150 Å². The van der Waals surface area contributed by atoms with Crippen LogP contribution in [-0.4, -0.2) is 50.9 Å². The number of carbonyl (C=O) groups is 1. The molecule has 0 radical (unpaired) electrons. The molecule has 4 rings (SSSR count). The molecule has 0 saturated heterocycles. The van der Waals surface area contributed by atoms with E-state index in [0.29, 0.717) is 38.6 Å². The number of fused-ring (bicyclic) bond motifs is 2. The highest BCUT2D eigenvalue weighted by atomic mass is 32.1. The highest BCUT2D eigenvalue weighted by molar-refractivity contribution is 7.18. The minimum absolute atomic E-state index is 0.243. The number of carbonyl (C=O) groups excluding carboxylic acids is 1. The maximum absolute atomic E-state index is 11.0. The van der Waals surface area contributed by atoms with Crippen molar-refractivity contribution in [2.45, 2.75) is 0 Å². The molecule has 0 atom stereocenters. The lowest BCUT2D eigenvalue weighted by Crippen LogP contribution is -2.20. The standard InChI is InChI=1S/C15H14N6O4S/c1-23-8-3-12(25-7-13(16)22)11-4-9(18-20(11)5-8)10-6-21-14(17-10)26-15(19-21)24-2/h3-6H,7H2,1-2H3,(H2,16,22). The third-order valence-electron chi connectivity index (χ3n) is 3.58. The van der Waals surface area contributed by atoms with Crippen LogP contribution in [-0.2, 0) is 4.79 Å². The molecule has 0 aliphatic heterocycles. The molecule has 134 valence electrons. The molecule has 0 aliphatic rings. The molecule has 11 heteroatoms. The molecule has 0 saturated carbocycles. The smallest absolute Gasteiger partial charge is 0.294 e. The number of nitrogens with zero attached hydrogens (tertiary/aromatic N) is 5. The van der Waals surface area contributed by atoms with Gasteiger partial charge in [-0.3, -0.25) is 4.79 Å². The van der Waals surface area contributed by atoms with E-state index < -0.39 is 5.91 Å². The van der Waals surface area contributed by atoms with E-state index in [1.807, 2.05) is 0 Å². The summed E-state index contributed by atoms with van der Waals surface area (Å²) in [6, 6.07) is 3.47. The Bertz CT molecular complexity index is 1080. The quantitative estimate of drug-likeness (QED) is 0.534. The monoisotopic (exact) mass is 374 g/mol. The van der Waals surface area contributed by atoms with E-state index in [2.05, 4.69) is 15.2 Å². The third kappa shape index (κ3) is 2.77. The van der Waals surface area contributed by atoms with E-state index in [9.17, 15) is 4.79 Å². The van der Waals surface area contributed by atoms with Crippen molar-refractivity contribution in [3.63, 3.8) is 0 Å². The van der Waals surface area contributed by atoms with E-state index in [-0.39, 0.29) is 6.61 Å². The number of primary amides is 1. The first kappa shape index (κ1) is 16.1. The van der Waals surface area contributed by atoms with Gasteiger partial charge in [-0.05, 0) is 17.4 Å². The Morgan fingerprint density at radius 2 is 2.00 bits per heavy atom. The number of aromatic nitrogens is 5. The van der Waals surface area contributed by atoms with Crippen molar-refractivity contribution in [2.75, 3.05) is 20.8 Å². The van der Waals surface area contributed by atoms with E-state index >= 15 is 0 Å². The van der Waals surface area contributed by atoms with Gasteiger partial charge < -0.3 is 19.9 Å². The molecule has 0 spiro atoms. The van der Waals surface area contributed by atoms with Crippen LogP contribution in [0, 0.1) is 0 Å². The highest BCUT2D eigenvalue weighted by Crippen LogP contribution is 2.30. The van der Waals surface area contributed by atoms with Gasteiger partial charge in [0.25, 0.3) is 11.1 Å². The minimum Gasteiger partial charge on any atom is -0.495 e. The maximum Gasteiger partial charge on any atom is 0.294 e. The summed E-state index contributed by atoms with van der Waals surface area (Å²) in [5.41, 5.74) is 7.09. The molecular formula is C15H14N6O4S. The highest BCUT2D eigenvalue weighted by Gasteiger charge is 2.16. The SMILES string of the molecule is COc1cc(OCC(N)=O)c2cc(-c3cn4nc(OC)sc4n3)nn2c1. The van der Waals surface area contributed by atoms with Crippen LogP contribution in [0.25, 0.3) is 21.9 Å². The second-order valence-electron chi connectivity index (χ2n) is 5.28. The average Bonchev–Trinajstić information content (AvgIpc) is 3.30. The lowest BCUT2D eigenvalue weighted by Gasteiger charge is -2.08. The number of rotatable bonds is 6. The number of methoxy groups -OCH3 is 2. The van der Waals surface area contributed by atoms with Crippen molar-refractivity contribution < 1.29 is 19.0 Å². The van der Waals surface area contributed by atoms with Gasteiger partial charge in [-0.1, -0.05) is 0 Å². The van der Waals surface area contributed by atoms with Crippen LogP contribution in [0.4, 0.5) is 0 Å². The summed E-state index contributed by atoms with van der Waals surface area (Å²) in [6.07, 6.45) is 3.47. The van der Waals surface area contributed by atoms with Crippen LogP contribution < -0.4 is 19.9 Å². The predicted octanol–water partition coefficient (Wildman–Crippen LogP) is 0.987. The second kappa shape index (κ2) is 6.19. The van der Waals surface area contributed by atoms with Crippen LogP contribution in [0.3, 0.4) is 0 Å². The molecule has 0 bridgehead atoms. The van der Waals surface area contributed by atoms with Crippen LogP contribution in [0.15, 0.2) is 24.5 Å². The largest absolute Gasteiger partial charge is 0.495 e. The van der Waals surface area contributed by atoms with Crippen LogP contribution in [0.1, 0.15) is 0 Å². The molecule has 26 heavy (non-hydrogen) atoms. The molecule has 0 fully saturated rings. The summed E-state index contributed by atoms with van der Waals surface area (Å²) < 4.78 is 19.1. The molecular weight excluding hydrogens is 360 g/mol. The summed E-state index contributed by atoms with van der Waals surface area (Å²) in [5.74, 6) is 0.395. The normalized spacial score (nSPS) is 11.2. The van der Waals surface area contributed by atoms with Gasteiger partial charge in [0.1, 0.15) is 28.4 Å². The number of hydrogen-bond acceptors (Lipinski definition) is 8. The first-order chi connectivity index (χ1) is 12.6. The second-order valence-corrected chi connectivity index (χ2v) is 6.20. The number of amides is 1. The Morgan fingerprint density at radius 1 is 1.15 bits per heavy atom. The zero-order valence-electron chi connectivity index (χ0n) is 13.9. The fraction of sp³-hybridized carbons (Fsp3) is 0.200. The maximum atomic E-state index is 11.0. The first-order valence-corrected chi connectivity index (χ1v) is 8.28. The predicted molar refractivity (Wildman–Crippen MR) is 92.8 cm³/mol. The van der Waals surface area contributed by atoms with Crippen molar-refractivity contribution in [2.24, 2.45) is 5.73 Å². The van der Waals surface area contributed by atoms with E-state index in [0.717, 1.165) is 0 Å². The van der Waals surface area contributed by atoms with Gasteiger partial charge in [0, 0.05) is 6.07 Å². The van der Waals surface area contributed by atoms with Crippen molar-refractivity contribution in [3.05, 3.63) is 24.5 Å². The van der Waals surface area contributed by atoms with Gasteiger partial charge in [0.2, 0.25) is 4.96 Å². The molecule has 4 aromatic rings. The topological polar surface area (TPSA) is 118 Å². The molecule has 4 heterocycles. The molecule has 0 unspecified atom stereocenters. The van der Waals surface area contributed by atoms with Gasteiger partial charge in [0.05, 0.1) is 26.6 Å². The Hall–Kier alpha value is -3.34. The van der Waals surface area contributed by atoms with Crippen LogP contribution in [0.5, 0.6) is 16.7 Å². The molecule has 0 aliphatic carbocycles. The van der Waals surface area contributed by atoms with Gasteiger partial charge in [-0.25, -0.2) is 14.0 Å². The molecule has 2 N–H and O–H groups in total. The summed E-state index contributed by atoms with van der Waals surface area (Å²) in [6.45, 7) is -0.243. The van der Waals surface area contributed by atoms with Crippen molar-refractivity contribution in [1.82, 2.24) is 24.2 Å². The van der Waals surface area contributed by atoms with Crippen molar-refractivity contribution in [1.29, 1.82) is 0 Å². The van der Waals surface area contributed by atoms with Gasteiger partial charge in [-0.2, -0.15) is 5.10 Å². The summed E-state index contributed by atoms with van der Waals surface area (Å²) >= 11 is 1.33. The number of imidazole rings is 1. The minimum atomic E-state index is -0.569. The molecule has 10 nitrogen and oxygen atoms in total. The molecule has 0 aromatic carbocycles. The first-order valence-electron chi connectivity index (χ1n) is 7.46. The fourth-order valence-electron chi connectivity index (χ4n) is 2.43. The molecule has 4 aromatic heterocycles. The fourth-order valence-corrected chi connectivity index (χ4v) is 3.13. The zero-order valence-corrected chi connectivity index (χ0v) is 14.7. The molecule has 1 amide bonds. The van der Waals surface area contributed by atoms with E-state index in [4.69, 9.17) is 19.9 Å². The van der Waals surface area contributed by atoms with Crippen molar-refractivity contribution >= 4 is 27.7 Å². The van der Waals surface area contributed by atoms with Crippen LogP contribution in [0.2, 0.25) is 0 Å². The number of nitrogens with two attached hydrogens (primary N) is 1. The van der Waals surface area contributed by atoms with Gasteiger partial charge in [-0.15, -0.1) is 5.10 Å². The lowest BCUT2D eigenvalue weighted by molar-refractivity contribution is -0.119. The Kier molecular flexibility index (Phi) is 3.84.